The van der Waals surface area contributed by atoms with E-state index < -0.39 is 16.8 Å². The molecule has 2 heterocycles. The molecule has 0 radical (unpaired) electrons. The highest BCUT2D eigenvalue weighted by atomic mass is 32.1. The van der Waals surface area contributed by atoms with Gasteiger partial charge >= 0.3 is 5.97 Å². The van der Waals surface area contributed by atoms with Crippen LogP contribution < -0.4 is 10.2 Å². The highest BCUT2D eigenvalue weighted by Gasteiger charge is 2.23. The molecule has 1 aliphatic rings. The predicted octanol–water partition coefficient (Wildman–Crippen LogP) is 3.86. The first-order valence-electron chi connectivity index (χ1n) is 10.4. The van der Waals surface area contributed by atoms with E-state index >= 15 is 0 Å². The van der Waals surface area contributed by atoms with Crippen molar-refractivity contribution >= 4 is 49.9 Å². The fraction of sp³-hybridized carbons (Fsp3) is 0.318. The number of aromatic nitrogens is 1. The largest absolute Gasteiger partial charge is 0.459 e. The summed E-state index contributed by atoms with van der Waals surface area (Å²) >= 11 is 1.20. The first-order chi connectivity index (χ1) is 15.8. The molecule has 0 unspecified atom stereocenters. The van der Waals surface area contributed by atoms with Crippen LogP contribution in [0.3, 0.4) is 0 Å². The van der Waals surface area contributed by atoms with E-state index in [2.05, 4.69) is 10.3 Å². The number of hydrogen-bond donors (Lipinski definition) is 1. The van der Waals surface area contributed by atoms with Gasteiger partial charge in [0.15, 0.2) is 5.13 Å². The van der Waals surface area contributed by atoms with Gasteiger partial charge < -0.3 is 14.4 Å². The molecule has 1 amide bonds. The predicted molar refractivity (Wildman–Crippen MR) is 124 cm³/mol. The zero-order chi connectivity index (χ0) is 23.5. The normalized spacial score (nSPS) is 13.8. The van der Waals surface area contributed by atoms with E-state index in [1.54, 1.807) is 38.1 Å². The third-order valence-corrected chi connectivity index (χ3v) is 5.91. The van der Waals surface area contributed by atoms with Crippen LogP contribution in [0.1, 0.15) is 34.6 Å². The molecule has 1 aromatic heterocycles. The Morgan fingerprint density at radius 3 is 2.67 bits per heavy atom. The molecule has 1 N–H and O–H groups in total. The first-order valence-corrected chi connectivity index (χ1v) is 11.2. The van der Waals surface area contributed by atoms with Gasteiger partial charge in [-0.15, -0.1) is 0 Å². The van der Waals surface area contributed by atoms with Gasteiger partial charge in [0.1, 0.15) is 0 Å². The SMILES string of the molecule is CC(C)OC(=O)c1ccc2nc(NC(=O)c3cc([N+](=O)[O-])ccc3N3CCOCC3)sc2c1. The quantitative estimate of drug-likeness (QED) is 0.327. The molecule has 0 saturated carbocycles. The molecule has 4 rings (SSSR count). The number of fused-ring (bicyclic) bond motifs is 1. The molecule has 172 valence electrons. The molecule has 33 heavy (non-hydrogen) atoms. The summed E-state index contributed by atoms with van der Waals surface area (Å²) in [6, 6.07) is 9.22. The van der Waals surface area contributed by atoms with Gasteiger partial charge in [-0.1, -0.05) is 11.3 Å². The molecule has 1 fully saturated rings. The third kappa shape index (κ3) is 5.10. The van der Waals surface area contributed by atoms with E-state index in [0.717, 1.165) is 0 Å². The van der Waals surface area contributed by atoms with E-state index in [1.807, 2.05) is 4.90 Å². The molecule has 0 bridgehead atoms. The van der Waals surface area contributed by atoms with Crippen molar-refractivity contribution in [3.63, 3.8) is 0 Å². The number of thiazole rings is 1. The number of non-ortho nitro benzene ring substituents is 1. The van der Waals surface area contributed by atoms with Gasteiger partial charge in [-0.05, 0) is 38.1 Å². The van der Waals surface area contributed by atoms with E-state index in [0.29, 0.717) is 52.9 Å². The number of rotatable bonds is 6. The van der Waals surface area contributed by atoms with Crippen LogP contribution in [0.2, 0.25) is 0 Å². The summed E-state index contributed by atoms with van der Waals surface area (Å²) in [5.41, 5.74) is 1.62. The van der Waals surface area contributed by atoms with E-state index in [1.165, 1.54) is 23.5 Å². The number of nitrogens with one attached hydrogen (secondary N) is 1. The zero-order valence-corrected chi connectivity index (χ0v) is 18.9. The number of hydrogen-bond acceptors (Lipinski definition) is 9. The van der Waals surface area contributed by atoms with Crippen LogP contribution in [-0.2, 0) is 9.47 Å². The van der Waals surface area contributed by atoms with Crippen molar-refractivity contribution in [3.8, 4) is 0 Å². The minimum atomic E-state index is -0.532. The Morgan fingerprint density at radius 1 is 1.21 bits per heavy atom. The number of nitro groups is 1. The fourth-order valence-corrected chi connectivity index (χ4v) is 4.35. The number of ether oxygens (including phenoxy) is 2. The minimum absolute atomic E-state index is 0.172. The summed E-state index contributed by atoms with van der Waals surface area (Å²) in [7, 11) is 0. The van der Waals surface area contributed by atoms with Crippen LogP contribution in [0.4, 0.5) is 16.5 Å². The summed E-state index contributed by atoms with van der Waals surface area (Å²) in [5.74, 6) is -0.934. The minimum Gasteiger partial charge on any atom is -0.459 e. The smallest absolute Gasteiger partial charge is 0.338 e. The Balaban J connectivity index is 1.61. The van der Waals surface area contributed by atoms with Crippen LogP contribution >= 0.6 is 11.3 Å². The van der Waals surface area contributed by atoms with E-state index in [9.17, 15) is 19.7 Å². The molecule has 0 atom stereocenters. The van der Waals surface area contributed by atoms with Gasteiger partial charge in [0.2, 0.25) is 0 Å². The molecule has 1 aliphatic heterocycles. The highest BCUT2D eigenvalue weighted by molar-refractivity contribution is 7.22. The number of esters is 1. The Morgan fingerprint density at radius 2 is 1.97 bits per heavy atom. The maximum absolute atomic E-state index is 13.1. The lowest BCUT2D eigenvalue weighted by molar-refractivity contribution is -0.384. The molecule has 0 aliphatic carbocycles. The van der Waals surface area contributed by atoms with Gasteiger partial charge in [-0.3, -0.25) is 20.2 Å². The Kier molecular flexibility index (Phi) is 6.52. The lowest BCUT2D eigenvalue weighted by Gasteiger charge is -2.30. The van der Waals surface area contributed by atoms with Crippen molar-refractivity contribution < 1.29 is 24.0 Å². The molecule has 1 saturated heterocycles. The Labute approximate surface area is 193 Å². The Hall–Kier alpha value is -3.57. The molecule has 11 heteroatoms. The standard InChI is InChI=1S/C22H22N4O6S/c1-13(2)32-21(28)14-3-5-17-19(11-14)33-22(23-17)24-20(27)16-12-15(26(29)30)4-6-18(16)25-7-9-31-10-8-25/h3-6,11-13H,7-10H2,1-2H3,(H,23,24,27). The number of benzene rings is 2. The monoisotopic (exact) mass is 470 g/mol. The second-order valence-electron chi connectivity index (χ2n) is 7.67. The van der Waals surface area contributed by atoms with Gasteiger partial charge in [0, 0.05) is 25.2 Å². The van der Waals surface area contributed by atoms with Crippen molar-refractivity contribution in [1.29, 1.82) is 0 Å². The number of nitrogens with zero attached hydrogens (tertiary/aromatic N) is 3. The third-order valence-electron chi connectivity index (χ3n) is 4.97. The van der Waals surface area contributed by atoms with E-state index in [4.69, 9.17) is 9.47 Å². The number of amides is 1. The van der Waals surface area contributed by atoms with Gasteiger partial charge in [-0.2, -0.15) is 0 Å². The van der Waals surface area contributed by atoms with Crippen LogP contribution in [0.25, 0.3) is 10.2 Å². The summed E-state index contributed by atoms with van der Waals surface area (Å²) in [5, 5.41) is 14.4. The summed E-state index contributed by atoms with van der Waals surface area (Å²) in [4.78, 5) is 42.4. The molecule has 3 aromatic rings. The van der Waals surface area contributed by atoms with Crippen LogP contribution in [-0.4, -0.2) is 54.2 Å². The number of carbonyl (C=O) groups excluding carboxylic acids is 2. The molecule has 10 nitrogen and oxygen atoms in total. The van der Waals surface area contributed by atoms with Gasteiger partial charge in [0.25, 0.3) is 11.6 Å². The van der Waals surface area contributed by atoms with E-state index in [-0.39, 0.29) is 17.4 Å². The fourth-order valence-electron chi connectivity index (χ4n) is 3.45. The van der Waals surface area contributed by atoms with Crippen LogP contribution in [0.5, 0.6) is 0 Å². The number of morpholine rings is 1. The number of nitro benzene ring substituents is 1. The first kappa shape index (κ1) is 22.6. The second-order valence-corrected chi connectivity index (χ2v) is 8.70. The summed E-state index contributed by atoms with van der Waals surface area (Å²) in [6.07, 6.45) is -0.236. The van der Waals surface area contributed by atoms with Crippen LogP contribution in [0.15, 0.2) is 36.4 Å². The number of carbonyl (C=O) groups is 2. The maximum Gasteiger partial charge on any atom is 0.338 e. The summed E-state index contributed by atoms with van der Waals surface area (Å²) < 4.78 is 11.3. The highest BCUT2D eigenvalue weighted by Crippen LogP contribution is 2.30. The maximum atomic E-state index is 13.1. The molecule has 2 aromatic carbocycles. The topological polar surface area (TPSA) is 124 Å². The van der Waals surface area contributed by atoms with Crippen molar-refractivity contribution in [2.45, 2.75) is 20.0 Å². The van der Waals surface area contributed by atoms with Crippen molar-refractivity contribution in [2.24, 2.45) is 0 Å². The molecular weight excluding hydrogens is 448 g/mol. The van der Waals surface area contributed by atoms with Gasteiger partial charge in [0.05, 0.1) is 51.3 Å². The van der Waals surface area contributed by atoms with Crippen LogP contribution in [0, 0.1) is 10.1 Å². The Bertz CT molecular complexity index is 1220. The van der Waals surface area contributed by atoms with Crippen molar-refractivity contribution in [3.05, 3.63) is 57.6 Å². The molecular formula is C22H22N4O6S. The average Bonchev–Trinajstić information content (AvgIpc) is 3.20. The summed E-state index contributed by atoms with van der Waals surface area (Å²) in [6.45, 7) is 5.73. The second kappa shape index (κ2) is 9.51. The number of anilines is 2. The zero-order valence-electron chi connectivity index (χ0n) is 18.1. The molecule has 0 spiro atoms. The lowest BCUT2D eigenvalue weighted by atomic mass is 10.1. The lowest BCUT2D eigenvalue weighted by Crippen LogP contribution is -2.37. The van der Waals surface area contributed by atoms with Gasteiger partial charge in [-0.25, -0.2) is 9.78 Å². The van der Waals surface area contributed by atoms with Crippen molar-refractivity contribution in [1.82, 2.24) is 4.98 Å². The average molecular weight is 471 g/mol. The van der Waals surface area contributed by atoms with Crippen molar-refractivity contribution in [2.75, 3.05) is 36.5 Å².